The number of fused-ring (bicyclic) bond motifs is 4. The minimum absolute atomic E-state index is 0.0729. The third kappa shape index (κ3) is 3.32. The zero-order chi connectivity index (χ0) is 23.6. The number of hydrogen-bond acceptors (Lipinski definition) is 6. The van der Waals surface area contributed by atoms with Gasteiger partial charge in [-0.2, -0.15) is 0 Å². The molecule has 4 aromatic rings. The van der Waals surface area contributed by atoms with Gasteiger partial charge in [-0.15, -0.1) is 0 Å². The number of rotatable bonds is 4. The first-order chi connectivity index (χ1) is 16.4. The van der Waals surface area contributed by atoms with Gasteiger partial charge in [-0.3, -0.25) is 9.59 Å². The number of pyridine rings is 1. The van der Waals surface area contributed by atoms with Crippen molar-refractivity contribution in [2.24, 2.45) is 5.92 Å². The van der Waals surface area contributed by atoms with Gasteiger partial charge in [-0.05, 0) is 59.3 Å². The molecule has 1 aliphatic carbocycles. The molecule has 3 aromatic heterocycles. The van der Waals surface area contributed by atoms with Gasteiger partial charge in [0.25, 0.3) is 0 Å². The summed E-state index contributed by atoms with van der Waals surface area (Å²) in [5, 5.41) is 4.53. The van der Waals surface area contributed by atoms with E-state index in [9.17, 15) is 9.59 Å². The molecule has 1 saturated heterocycles. The molecular weight excluding hydrogens is 498 g/mol. The zero-order valence-electron chi connectivity index (χ0n) is 18.4. The van der Waals surface area contributed by atoms with Gasteiger partial charge < -0.3 is 20.5 Å². The van der Waals surface area contributed by atoms with Crippen LogP contribution in [0.4, 0.5) is 11.6 Å². The third-order valence-corrected chi connectivity index (χ3v) is 7.29. The van der Waals surface area contributed by atoms with Crippen LogP contribution in [0, 0.1) is 12.8 Å². The van der Waals surface area contributed by atoms with E-state index in [2.05, 4.69) is 36.2 Å². The van der Waals surface area contributed by atoms with Crippen LogP contribution in [0.1, 0.15) is 18.4 Å². The highest BCUT2D eigenvalue weighted by atomic mass is 79.9. The first-order valence-corrected chi connectivity index (χ1v) is 11.9. The largest absolute Gasteiger partial charge is 0.383 e. The first kappa shape index (κ1) is 21.0. The number of carbonyl (C=O) groups is 2. The summed E-state index contributed by atoms with van der Waals surface area (Å²) in [7, 11) is 0. The predicted molar refractivity (Wildman–Crippen MR) is 132 cm³/mol. The predicted octanol–water partition coefficient (Wildman–Crippen LogP) is 3.26. The lowest BCUT2D eigenvalue weighted by Gasteiger charge is -2.27. The summed E-state index contributed by atoms with van der Waals surface area (Å²) in [6.45, 7) is 2.07. The lowest BCUT2D eigenvalue weighted by molar-refractivity contribution is -0.138. The van der Waals surface area contributed by atoms with Crippen LogP contribution >= 0.6 is 15.9 Å². The highest BCUT2D eigenvalue weighted by molar-refractivity contribution is 9.10. The van der Waals surface area contributed by atoms with Gasteiger partial charge in [0.2, 0.25) is 11.8 Å². The van der Waals surface area contributed by atoms with E-state index in [-0.39, 0.29) is 24.4 Å². The summed E-state index contributed by atoms with van der Waals surface area (Å²) < 4.78 is 2.54. The Labute approximate surface area is 203 Å². The van der Waals surface area contributed by atoms with E-state index >= 15 is 0 Å². The summed E-state index contributed by atoms with van der Waals surface area (Å²) >= 11 is 3.32. The average Bonchev–Trinajstić information content (AvgIpc) is 3.33. The molecule has 0 bridgehead atoms. The number of hydrogen-bond donors (Lipinski definition) is 2. The Balaban J connectivity index is 1.34. The molecule has 0 spiro atoms. The molecule has 6 rings (SSSR count). The fraction of sp³-hybridized carbons (Fsp3) is 0.292. The molecule has 2 amide bonds. The lowest BCUT2D eigenvalue weighted by atomic mass is 10.1. The topological polar surface area (TPSA) is 119 Å². The number of halogens is 1. The van der Waals surface area contributed by atoms with Crippen molar-refractivity contribution >= 4 is 61.3 Å². The van der Waals surface area contributed by atoms with Gasteiger partial charge in [0.15, 0.2) is 0 Å². The van der Waals surface area contributed by atoms with Gasteiger partial charge in [0.1, 0.15) is 40.8 Å². The Bertz CT molecular complexity index is 1480. The number of amides is 2. The molecular formula is C24H22BrN7O2. The molecule has 3 N–H and O–H groups in total. The van der Waals surface area contributed by atoms with Crippen LogP contribution in [-0.4, -0.2) is 48.3 Å². The van der Waals surface area contributed by atoms with Crippen molar-refractivity contribution in [3.05, 3.63) is 52.9 Å². The van der Waals surface area contributed by atoms with Crippen LogP contribution in [0.5, 0.6) is 0 Å². The number of aryl methyl sites for hydroxylation is 1. The Morgan fingerprint density at radius 3 is 2.82 bits per heavy atom. The smallest absolute Gasteiger partial charge is 0.248 e. The molecule has 172 valence electrons. The molecule has 2 fully saturated rings. The molecule has 34 heavy (non-hydrogen) atoms. The number of nitrogens with zero attached hydrogens (tertiary/aromatic N) is 5. The van der Waals surface area contributed by atoms with E-state index < -0.39 is 6.04 Å². The lowest BCUT2D eigenvalue weighted by Crippen LogP contribution is -2.46. The monoisotopic (exact) mass is 519 g/mol. The number of likely N-dealkylation sites (tertiary alicyclic amines) is 1. The van der Waals surface area contributed by atoms with Crippen LogP contribution in [0.2, 0.25) is 0 Å². The maximum atomic E-state index is 13.7. The van der Waals surface area contributed by atoms with Crippen molar-refractivity contribution in [3.8, 4) is 0 Å². The summed E-state index contributed by atoms with van der Waals surface area (Å²) in [6.07, 6.45) is 3.02. The van der Waals surface area contributed by atoms with E-state index in [1.165, 1.54) is 6.33 Å². The maximum Gasteiger partial charge on any atom is 0.248 e. The van der Waals surface area contributed by atoms with Gasteiger partial charge in [-0.1, -0.05) is 24.3 Å². The number of carbonyl (C=O) groups excluding carboxylic acids is 2. The van der Waals surface area contributed by atoms with Crippen LogP contribution < -0.4 is 11.1 Å². The highest BCUT2D eigenvalue weighted by Gasteiger charge is 2.56. The van der Waals surface area contributed by atoms with Crippen LogP contribution in [-0.2, 0) is 16.1 Å². The second-order valence-electron chi connectivity index (χ2n) is 8.97. The molecule has 0 radical (unpaired) electrons. The van der Waals surface area contributed by atoms with Gasteiger partial charge >= 0.3 is 0 Å². The van der Waals surface area contributed by atoms with Crippen LogP contribution in [0.15, 0.2) is 47.3 Å². The van der Waals surface area contributed by atoms with Crippen molar-refractivity contribution < 1.29 is 9.59 Å². The number of nitrogens with two attached hydrogens (primary N) is 1. The normalized spacial score (nSPS) is 21.1. The Morgan fingerprint density at radius 2 is 2.00 bits per heavy atom. The second-order valence-corrected chi connectivity index (χ2v) is 9.78. The van der Waals surface area contributed by atoms with Gasteiger partial charge in [-0.25, -0.2) is 15.0 Å². The van der Waals surface area contributed by atoms with Crippen molar-refractivity contribution in [1.29, 1.82) is 0 Å². The number of anilines is 2. The molecule has 9 nitrogen and oxygen atoms in total. The van der Waals surface area contributed by atoms with E-state index in [1.54, 1.807) is 23.1 Å². The standard InChI is InChI=1S/C24H22BrN7O2/c1-12-4-2-5-14-20-22(26)27-11-28-23(20)31(21(12)14)10-19(33)32-15-8-13(15)9-16(32)24(34)30-18-7-3-6-17(25)29-18/h2-7,11,13,15-16H,8-10H2,1H3,(H2,26,27,28)(H,29,30,34)/t13?,15-,16+/m1/s1. The summed E-state index contributed by atoms with van der Waals surface area (Å²) in [4.78, 5) is 41.5. The molecule has 3 atom stereocenters. The van der Waals surface area contributed by atoms with E-state index in [0.717, 1.165) is 28.3 Å². The number of aromatic nitrogens is 4. The van der Waals surface area contributed by atoms with Crippen molar-refractivity contribution in [1.82, 2.24) is 24.4 Å². The minimum Gasteiger partial charge on any atom is -0.383 e. The number of para-hydroxylation sites is 1. The second kappa shape index (κ2) is 7.76. The molecule has 10 heteroatoms. The average molecular weight is 520 g/mol. The van der Waals surface area contributed by atoms with Gasteiger partial charge in [0.05, 0.1) is 10.9 Å². The molecule has 1 aliphatic heterocycles. The van der Waals surface area contributed by atoms with Gasteiger partial charge in [0, 0.05) is 11.4 Å². The molecule has 1 saturated carbocycles. The van der Waals surface area contributed by atoms with Crippen LogP contribution in [0.3, 0.4) is 0 Å². The van der Waals surface area contributed by atoms with E-state index in [0.29, 0.717) is 34.2 Å². The van der Waals surface area contributed by atoms with Crippen molar-refractivity contribution in [3.63, 3.8) is 0 Å². The highest BCUT2D eigenvalue weighted by Crippen LogP contribution is 2.48. The Morgan fingerprint density at radius 1 is 1.18 bits per heavy atom. The van der Waals surface area contributed by atoms with Crippen molar-refractivity contribution in [2.75, 3.05) is 11.1 Å². The van der Waals surface area contributed by atoms with Crippen LogP contribution in [0.25, 0.3) is 21.9 Å². The fourth-order valence-electron chi connectivity index (χ4n) is 5.28. The SMILES string of the molecule is Cc1cccc2c3c(N)ncnc3n(CC(=O)N3[C@@H]4CC4C[C@H]3C(=O)Nc3cccc(Br)n3)c12. The maximum absolute atomic E-state index is 13.7. The molecule has 1 unspecified atom stereocenters. The Hall–Kier alpha value is -3.53. The summed E-state index contributed by atoms with van der Waals surface area (Å²) in [5.41, 5.74) is 8.74. The summed E-state index contributed by atoms with van der Waals surface area (Å²) in [5.74, 6) is 0.891. The van der Waals surface area contributed by atoms with E-state index in [4.69, 9.17) is 5.73 Å². The van der Waals surface area contributed by atoms with E-state index in [1.807, 2.05) is 29.7 Å². The quantitative estimate of drug-likeness (QED) is 0.399. The number of nitrogens with one attached hydrogen (secondary N) is 1. The summed E-state index contributed by atoms with van der Waals surface area (Å²) in [6, 6.07) is 10.8. The number of piperidine rings is 1. The zero-order valence-corrected chi connectivity index (χ0v) is 20.0. The number of benzene rings is 1. The minimum atomic E-state index is -0.522. The molecule has 4 heterocycles. The van der Waals surface area contributed by atoms with Crippen molar-refractivity contribution in [2.45, 2.75) is 38.4 Å². The molecule has 2 aliphatic rings. The Kier molecular flexibility index (Phi) is 4.80. The molecule has 1 aromatic carbocycles. The number of nitrogen functional groups attached to an aromatic ring is 1. The first-order valence-electron chi connectivity index (χ1n) is 11.1. The third-order valence-electron chi connectivity index (χ3n) is 6.84. The fourth-order valence-corrected chi connectivity index (χ4v) is 5.63.